The van der Waals surface area contributed by atoms with Crippen molar-refractivity contribution in [3.63, 3.8) is 0 Å². The van der Waals surface area contributed by atoms with E-state index in [-0.39, 0.29) is 42.5 Å². The summed E-state index contributed by atoms with van der Waals surface area (Å²) in [5.74, 6) is -1.35. The van der Waals surface area contributed by atoms with Crippen molar-refractivity contribution in [2.45, 2.75) is 13.5 Å². The lowest BCUT2D eigenvalue weighted by molar-refractivity contribution is -0.586. The van der Waals surface area contributed by atoms with E-state index < -0.39 is 23.5 Å². The first-order valence-electron chi connectivity index (χ1n) is 8.88. The van der Waals surface area contributed by atoms with Gasteiger partial charge in [-0.2, -0.15) is 4.79 Å². The largest absolute Gasteiger partial charge is 1.00 e. The van der Waals surface area contributed by atoms with Gasteiger partial charge in [-0.1, -0.05) is 4.57 Å². The summed E-state index contributed by atoms with van der Waals surface area (Å²) in [7, 11) is 0. The highest BCUT2D eigenvalue weighted by Crippen LogP contribution is 2.24. The van der Waals surface area contributed by atoms with Crippen LogP contribution in [0.5, 0.6) is 5.75 Å². The minimum absolute atomic E-state index is 0. The fourth-order valence-corrected chi connectivity index (χ4v) is 2.59. The number of nitrogens with zero attached hydrogens (tertiary/aromatic N) is 1. The quantitative estimate of drug-likeness (QED) is 0.431. The second kappa shape index (κ2) is 10.5. The fraction of sp³-hybridized carbons (Fsp3) is 0.136. The van der Waals surface area contributed by atoms with Crippen LogP contribution in [0.2, 0.25) is 0 Å². The standard InChI is InChI=1S/C22H18F2NO4.ClH/c1-2-28-22(27)25-11-9-15(10-12-25)14-29-20-13-18(24)7-8-19(20)21(26)16-3-5-17(23)6-4-16;/h3-13H,2,14H2,1H3;1H/q+1;/p-1. The molecule has 8 heteroatoms. The Morgan fingerprint density at radius 2 is 1.57 bits per heavy atom. The molecular formula is C22H18ClF2NO4. The molecule has 0 saturated heterocycles. The average Bonchev–Trinajstić information content (AvgIpc) is 2.73. The van der Waals surface area contributed by atoms with Gasteiger partial charge in [0.25, 0.3) is 0 Å². The van der Waals surface area contributed by atoms with Crippen LogP contribution >= 0.6 is 0 Å². The molecule has 0 atom stereocenters. The lowest BCUT2D eigenvalue weighted by Crippen LogP contribution is -3.00. The van der Waals surface area contributed by atoms with Gasteiger partial charge < -0.3 is 21.9 Å². The molecule has 2 aromatic carbocycles. The van der Waals surface area contributed by atoms with E-state index in [1.165, 1.54) is 47.3 Å². The minimum atomic E-state index is -0.552. The monoisotopic (exact) mass is 433 g/mol. The fourth-order valence-electron chi connectivity index (χ4n) is 2.59. The van der Waals surface area contributed by atoms with Crippen LogP contribution < -0.4 is 21.7 Å². The summed E-state index contributed by atoms with van der Waals surface area (Å²) in [5, 5.41) is 0. The van der Waals surface area contributed by atoms with Crippen LogP contribution in [0.4, 0.5) is 13.6 Å². The third-order valence-electron chi connectivity index (χ3n) is 4.07. The zero-order chi connectivity index (χ0) is 20.8. The van der Waals surface area contributed by atoms with Crippen LogP contribution in [-0.2, 0) is 11.3 Å². The average molecular weight is 434 g/mol. The number of ether oxygens (including phenoxy) is 2. The van der Waals surface area contributed by atoms with Crippen molar-refractivity contribution in [1.82, 2.24) is 0 Å². The molecule has 0 fully saturated rings. The summed E-state index contributed by atoms with van der Waals surface area (Å²) in [4.78, 5) is 24.4. The molecule has 0 N–H and O–H groups in total. The predicted octanol–water partition coefficient (Wildman–Crippen LogP) is 1.07. The Kier molecular flexibility index (Phi) is 8.00. The number of rotatable bonds is 6. The van der Waals surface area contributed by atoms with Crippen LogP contribution in [0.3, 0.4) is 0 Å². The SMILES string of the molecule is CCOC(=O)[n+]1ccc(COc2cc(F)ccc2C(=O)c2ccc(F)cc2)cc1.[Cl-]. The van der Waals surface area contributed by atoms with Gasteiger partial charge in [-0.25, -0.2) is 8.78 Å². The molecule has 3 rings (SSSR count). The maximum absolute atomic E-state index is 13.7. The van der Waals surface area contributed by atoms with E-state index in [2.05, 4.69) is 0 Å². The number of hydrogen-bond donors (Lipinski definition) is 0. The molecule has 1 heterocycles. The molecule has 0 spiro atoms. The Labute approximate surface area is 178 Å². The van der Waals surface area contributed by atoms with Crippen LogP contribution in [0.25, 0.3) is 0 Å². The molecule has 1 aromatic heterocycles. The number of carbonyl (C=O) groups is 2. The first-order chi connectivity index (χ1) is 14.0. The molecule has 0 unspecified atom stereocenters. The van der Waals surface area contributed by atoms with Crippen molar-refractivity contribution < 1.29 is 44.8 Å². The highest BCUT2D eigenvalue weighted by atomic mass is 35.5. The van der Waals surface area contributed by atoms with Gasteiger partial charge >= 0.3 is 6.09 Å². The van der Waals surface area contributed by atoms with Crippen molar-refractivity contribution >= 4 is 11.9 Å². The van der Waals surface area contributed by atoms with E-state index in [0.29, 0.717) is 5.56 Å². The Hall–Kier alpha value is -3.32. The van der Waals surface area contributed by atoms with Gasteiger partial charge in [0.1, 0.15) is 24.0 Å². The first-order valence-corrected chi connectivity index (χ1v) is 8.88. The predicted molar refractivity (Wildman–Crippen MR) is 99.6 cm³/mol. The van der Waals surface area contributed by atoms with Gasteiger partial charge in [0, 0.05) is 29.3 Å². The van der Waals surface area contributed by atoms with Crippen molar-refractivity contribution in [2.24, 2.45) is 0 Å². The van der Waals surface area contributed by atoms with Crippen LogP contribution in [0.15, 0.2) is 67.0 Å². The first kappa shape index (κ1) is 23.0. The van der Waals surface area contributed by atoms with Gasteiger partial charge in [-0.15, -0.1) is 0 Å². The molecule has 5 nitrogen and oxygen atoms in total. The molecular weight excluding hydrogens is 416 g/mol. The lowest BCUT2D eigenvalue weighted by atomic mass is 10.0. The molecule has 0 aliphatic heterocycles. The normalized spacial score (nSPS) is 10.1. The van der Waals surface area contributed by atoms with Crippen molar-refractivity contribution in [1.29, 1.82) is 0 Å². The maximum Gasteiger partial charge on any atom is 0.601 e. The second-order valence-electron chi connectivity index (χ2n) is 6.08. The Morgan fingerprint density at radius 3 is 2.20 bits per heavy atom. The van der Waals surface area contributed by atoms with E-state index in [9.17, 15) is 18.4 Å². The van der Waals surface area contributed by atoms with E-state index in [0.717, 1.165) is 12.1 Å². The summed E-state index contributed by atoms with van der Waals surface area (Å²) in [6, 6.07) is 12.0. The summed E-state index contributed by atoms with van der Waals surface area (Å²) >= 11 is 0. The number of hydrogen-bond acceptors (Lipinski definition) is 4. The number of pyridine rings is 1. The summed E-state index contributed by atoms with van der Waals surface area (Å²) < 4.78 is 38.6. The van der Waals surface area contributed by atoms with Crippen molar-refractivity contribution in [2.75, 3.05) is 6.61 Å². The minimum Gasteiger partial charge on any atom is -1.00 e. The molecule has 0 bridgehead atoms. The number of aromatic nitrogens is 1. The molecule has 0 aliphatic rings. The molecule has 0 amide bonds. The number of ketones is 1. The lowest BCUT2D eigenvalue weighted by Gasteiger charge is -2.11. The molecule has 30 heavy (non-hydrogen) atoms. The summed E-state index contributed by atoms with van der Waals surface area (Å²) in [5.41, 5.74) is 1.13. The molecule has 3 aromatic rings. The summed E-state index contributed by atoms with van der Waals surface area (Å²) in [6.07, 6.45) is 2.54. The molecule has 0 aliphatic carbocycles. The van der Waals surface area contributed by atoms with Gasteiger partial charge in [-0.3, -0.25) is 4.79 Å². The van der Waals surface area contributed by atoms with E-state index in [4.69, 9.17) is 9.47 Å². The number of benzene rings is 2. The van der Waals surface area contributed by atoms with E-state index >= 15 is 0 Å². The third-order valence-corrected chi connectivity index (χ3v) is 4.07. The number of carbonyl (C=O) groups excluding carboxylic acids is 2. The van der Waals surface area contributed by atoms with Crippen LogP contribution in [0.1, 0.15) is 28.4 Å². The van der Waals surface area contributed by atoms with Gasteiger partial charge in [0.2, 0.25) is 0 Å². The van der Waals surface area contributed by atoms with Crippen LogP contribution in [-0.4, -0.2) is 18.5 Å². The Balaban J connectivity index is 0.00000320. The molecule has 156 valence electrons. The van der Waals surface area contributed by atoms with Crippen molar-refractivity contribution in [3.05, 3.63) is 95.3 Å². The highest BCUT2D eigenvalue weighted by Gasteiger charge is 2.17. The topological polar surface area (TPSA) is 56.5 Å². The molecule has 0 radical (unpaired) electrons. The van der Waals surface area contributed by atoms with Crippen molar-refractivity contribution in [3.8, 4) is 5.75 Å². The zero-order valence-electron chi connectivity index (χ0n) is 16.0. The van der Waals surface area contributed by atoms with E-state index in [1.807, 2.05) is 0 Å². The number of halogens is 3. The third kappa shape index (κ3) is 5.61. The second-order valence-corrected chi connectivity index (χ2v) is 6.08. The Morgan fingerprint density at radius 1 is 0.933 bits per heavy atom. The van der Waals surface area contributed by atoms with E-state index in [1.54, 1.807) is 19.1 Å². The van der Waals surface area contributed by atoms with Gasteiger partial charge in [0.05, 0.1) is 12.2 Å². The van der Waals surface area contributed by atoms with Gasteiger partial charge in [-0.05, 0) is 43.3 Å². The van der Waals surface area contributed by atoms with Crippen LogP contribution in [0, 0.1) is 11.6 Å². The zero-order valence-corrected chi connectivity index (χ0v) is 16.7. The molecule has 0 saturated carbocycles. The maximum atomic E-state index is 13.7. The Bertz CT molecular complexity index is 1020. The smallest absolute Gasteiger partial charge is 0.601 e. The highest BCUT2D eigenvalue weighted by molar-refractivity contribution is 6.10. The summed E-state index contributed by atoms with van der Waals surface area (Å²) in [6.45, 7) is 2.03. The van der Waals surface area contributed by atoms with Gasteiger partial charge in [0.15, 0.2) is 18.2 Å².